The molecule has 1 aromatic carbocycles. The van der Waals surface area contributed by atoms with E-state index < -0.39 is 6.10 Å². The van der Waals surface area contributed by atoms with E-state index in [-0.39, 0.29) is 5.91 Å². The predicted molar refractivity (Wildman–Crippen MR) is 95.2 cm³/mol. The molecule has 8 heteroatoms. The van der Waals surface area contributed by atoms with Gasteiger partial charge in [0.25, 0.3) is 5.91 Å². The number of benzene rings is 1. The second-order valence-electron chi connectivity index (χ2n) is 5.37. The summed E-state index contributed by atoms with van der Waals surface area (Å²) in [5.74, 6) is 0.352. The minimum absolute atomic E-state index is 0.247. The molecule has 3 rings (SSSR count). The van der Waals surface area contributed by atoms with E-state index >= 15 is 0 Å². The van der Waals surface area contributed by atoms with Crippen molar-refractivity contribution in [3.63, 3.8) is 0 Å². The Morgan fingerprint density at radius 2 is 1.96 bits per heavy atom. The molecule has 0 fully saturated rings. The van der Waals surface area contributed by atoms with E-state index in [0.717, 1.165) is 5.56 Å². The lowest BCUT2D eigenvalue weighted by Gasteiger charge is -2.12. The maximum atomic E-state index is 12.2. The van der Waals surface area contributed by atoms with Crippen molar-refractivity contribution < 1.29 is 9.90 Å². The average Bonchev–Trinajstić information content (AvgIpc) is 3.16. The molecule has 2 heterocycles. The number of aliphatic hydroxyl groups is 1. The van der Waals surface area contributed by atoms with Gasteiger partial charge in [-0.25, -0.2) is 4.98 Å². The van der Waals surface area contributed by atoms with E-state index in [0.29, 0.717) is 28.8 Å². The Morgan fingerprint density at radius 3 is 2.64 bits per heavy atom. The van der Waals surface area contributed by atoms with Crippen LogP contribution >= 0.6 is 15.9 Å². The minimum atomic E-state index is -0.609. The van der Waals surface area contributed by atoms with Crippen LogP contribution in [0.1, 0.15) is 28.4 Å². The third-order valence-electron chi connectivity index (χ3n) is 3.63. The predicted octanol–water partition coefficient (Wildman–Crippen LogP) is 2.28. The van der Waals surface area contributed by atoms with E-state index in [1.54, 1.807) is 10.6 Å². The largest absolute Gasteiger partial charge is 0.388 e. The van der Waals surface area contributed by atoms with Gasteiger partial charge in [-0.1, -0.05) is 30.3 Å². The number of nitrogens with zero attached hydrogens (tertiary/aromatic N) is 4. The van der Waals surface area contributed by atoms with E-state index in [2.05, 4.69) is 36.4 Å². The van der Waals surface area contributed by atoms with Crippen LogP contribution in [0, 0.1) is 0 Å². The normalized spacial score (nSPS) is 11.9. The van der Waals surface area contributed by atoms with Crippen LogP contribution < -0.4 is 5.32 Å². The summed E-state index contributed by atoms with van der Waals surface area (Å²) in [6.45, 7) is 0.361. The number of carbonyl (C=O) groups is 1. The topological polar surface area (TPSA) is 92.9 Å². The van der Waals surface area contributed by atoms with Gasteiger partial charge in [0.2, 0.25) is 0 Å². The molecule has 2 N–H and O–H groups in total. The SMILES string of the molecule is O=C(NCCC(O)c1ccccc1)c1cnc(-n2cnnc2)c(Br)c1. The molecule has 0 saturated carbocycles. The average molecular weight is 402 g/mol. The standard InChI is InChI=1S/C17H16BrN5O2/c18-14-8-13(9-20-16(14)23-10-21-22-11-23)17(25)19-7-6-15(24)12-4-2-1-3-5-12/h1-5,8-11,15,24H,6-7H2,(H,19,25). The van der Waals surface area contributed by atoms with Crippen LogP contribution in [0.3, 0.4) is 0 Å². The van der Waals surface area contributed by atoms with E-state index in [1.807, 2.05) is 30.3 Å². The minimum Gasteiger partial charge on any atom is -0.388 e. The fraction of sp³-hybridized carbons (Fsp3) is 0.176. The van der Waals surface area contributed by atoms with Gasteiger partial charge in [-0.05, 0) is 34.0 Å². The van der Waals surface area contributed by atoms with Crippen LogP contribution in [0.15, 0.2) is 59.7 Å². The number of rotatable bonds is 6. The zero-order valence-electron chi connectivity index (χ0n) is 13.2. The van der Waals surface area contributed by atoms with Crippen LogP contribution in [0.5, 0.6) is 0 Å². The number of halogens is 1. The fourth-order valence-electron chi connectivity index (χ4n) is 2.32. The number of nitrogens with one attached hydrogen (secondary N) is 1. The Morgan fingerprint density at radius 1 is 1.24 bits per heavy atom. The number of hydrogen-bond donors (Lipinski definition) is 2. The molecular weight excluding hydrogens is 386 g/mol. The summed E-state index contributed by atoms with van der Waals surface area (Å²) in [4.78, 5) is 16.5. The molecule has 0 bridgehead atoms. The summed E-state index contributed by atoms with van der Waals surface area (Å²) < 4.78 is 2.30. The molecule has 0 aliphatic heterocycles. The van der Waals surface area contributed by atoms with Gasteiger partial charge in [-0.15, -0.1) is 10.2 Å². The molecule has 128 valence electrons. The summed E-state index contributed by atoms with van der Waals surface area (Å²) in [5.41, 5.74) is 1.26. The van der Waals surface area contributed by atoms with Gasteiger partial charge >= 0.3 is 0 Å². The Hall–Kier alpha value is -2.58. The van der Waals surface area contributed by atoms with E-state index in [4.69, 9.17) is 0 Å². The molecule has 0 saturated heterocycles. The van der Waals surface area contributed by atoms with Crippen LogP contribution in [0.25, 0.3) is 5.82 Å². The molecule has 25 heavy (non-hydrogen) atoms. The number of aliphatic hydroxyl groups excluding tert-OH is 1. The van der Waals surface area contributed by atoms with Gasteiger partial charge in [0.1, 0.15) is 12.7 Å². The number of carbonyl (C=O) groups excluding carboxylic acids is 1. The number of amides is 1. The van der Waals surface area contributed by atoms with Crippen molar-refractivity contribution in [1.29, 1.82) is 0 Å². The second-order valence-corrected chi connectivity index (χ2v) is 6.22. The number of hydrogen-bond acceptors (Lipinski definition) is 5. The summed E-state index contributed by atoms with van der Waals surface area (Å²) >= 11 is 3.40. The van der Waals surface area contributed by atoms with Gasteiger partial charge in [0.05, 0.1) is 16.1 Å². The lowest BCUT2D eigenvalue weighted by atomic mass is 10.1. The van der Waals surface area contributed by atoms with Gasteiger partial charge in [0.15, 0.2) is 5.82 Å². The first-order chi connectivity index (χ1) is 12.1. The summed E-state index contributed by atoms with van der Waals surface area (Å²) in [6, 6.07) is 11.0. The third kappa shape index (κ3) is 4.28. The lowest BCUT2D eigenvalue weighted by Crippen LogP contribution is -2.26. The van der Waals surface area contributed by atoms with Gasteiger partial charge in [-0.3, -0.25) is 9.36 Å². The van der Waals surface area contributed by atoms with Crippen LogP contribution in [-0.2, 0) is 0 Å². The van der Waals surface area contributed by atoms with Crippen molar-refractivity contribution in [2.45, 2.75) is 12.5 Å². The Kier molecular flexibility index (Phi) is 5.52. The zero-order valence-corrected chi connectivity index (χ0v) is 14.8. The molecule has 7 nitrogen and oxygen atoms in total. The Labute approximate surface area is 152 Å². The maximum absolute atomic E-state index is 12.2. The molecule has 1 amide bonds. The summed E-state index contributed by atoms with van der Waals surface area (Å²) in [7, 11) is 0. The number of pyridine rings is 1. The first kappa shape index (κ1) is 17.2. The van der Waals surface area contributed by atoms with Crippen molar-refractivity contribution in [1.82, 2.24) is 25.1 Å². The summed E-state index contributed by atoms with van der Waals surface area (Å²) in [5, 5.41) is 20.4. The van der Waals surface area contributed by atoms with E-state index in [9.17, 15) is 9.90 Å². The van der Waals surface area contributed by atoms with Crippen molar-refractivity contribution in [3.8, 4) is 5.82 Å². The molecular formula is C17H16BrN5O2. The molecule has 0 aliphatic rings. The van der Waals surface area contributed by atoms with Crippen LogP contribution in [0.2, 0.25) is 0 Å². The zero-order chi connectivity index (χ0) is 17.6. The lowest BCUT2D eigenvalue weighted by molar-refractivity contribution is 0.0942. The first-order valence-corrected chi connectivity index (χ1v) is 8.46. The Balaban J connectivity index is 1.57. The molecule has 2 aromatic heterocycles. The highest BCUT2D eigenvalue weighted by Gasteiger charge is 2.12. The van der Waals surface area contributed by atoms with Crippen molar-refractivity contribution >= 4 is 21.8 Å². The van der Waals surface area contributed by atoms with E-state index in [1.165, 1.54) is 18.9 Å². The molecule has 1 unspecified atom stereocenters. The van der Waals surface area contributed by atoms with Gasteiger partial charge in [0, 0.05) is 12.7 Å². The first-order valence-electron chi connectivity index (χ1n) is 7.67. The highest BCUT2D eigenvalue weighted by Crippen LogP contribution is 2.19. The van der Waals surface area contributed by atoms with Crippen LogP contribution in [-0.4, -0.2) is 37.3 Å². The van der Waals surface area contributed by atoms with Gasteiger partial charge < -0.3 is 10.4 Å². The quantitative estimate of drug-likeness (QED) is 0.660. The number of aromatic nitrogens is 4. The maximum Gasteiger partial charge on any atom is 0.252 e. The van der Waals surface area contributed by atoms with Gasteiger partial charge in [-0.2, -0.15) is 0 Å². The molecule has 3 aromatic rings. The molecule has 0 spiro atoms. The van der Waals surface area contributed by atoms with Crippen molar-refractivity contribution in [2.24, 2.45) is 0 Å². The molecule has 0 aliphatic carbocycles. The second kappa shape index (κ2) is 8.00. The highest BCUT2D eigenvalue weighted by atomic mass is 79.9. The monoisotopic (exact) mass is 401 g/mol. The van der Waals surface area contributed by atoms with Crippen LogP contribution in [0.4, 0.5) is 0 Å². The van der Waals surface area contributed by atoms with Crippen molar-refractivity contribution in [3.05, 3.63) is 70.8 Å². The highest BCUT2D eigenvalue weighted by molar-refractivity contribution is 9.10. The Bertz CT molecular complexity index is 840. The summed E-state index contributed by atoms with van der Waals surface area (Å²) in [6.07, 6.45) is 4.37. The van der Waals surface area contributed by atoms with Crippen molar-refractivity contribution in [2.75, 3.05) is 6.54 Å². The third-order valence-corrected chi connectivity index (χ3v) is 4.22. The molecule has 0 radical (unpaired) electrons. The fourth-order valence-corrected chi connectivity index (χ4v) is 2.88. The molecule has 1 atom stereocenters. The smallest absolute Gasteiger partial charge is 0.252 e.